The van der Waals surface area contributed by atoms with Crippen LogP contribution in [0.15, 0.2) is 11.6 Å². The van der Waals surface area contributed by atoms with Gasteiger partial charge in [-0.15, -0.1) is 0 Å². The van der Waals surface area contributed by atoms with Gasteiger partial charge in [-0.25, -0.2) is 0 Å². The second kappa shape index (κ2) is 6.23. The summed E-state index contributed by atoms with van der Waals surface area (Å²) in [4.78, 5) is 0. The van der Waals surface area contributed by atoms with E-state index < -0.39 is 0 Å². The van der Waals surface area contributed by atoms with Gasteiger partial charge in [0.1, 0.15) is 0 Å². The van der Waals surface area contributed by atoms with Crippen LogP contribution < -0.4 is 0 Å². The predicted molar refractivity (Wildman–Crippen MR) is 59.9 cm³/mol. The molecule has 0 bridgehead atoms. The topological polar surface area (TPSA) is 0 Å². The smallest absolute Gasteiger partial charge is 0.0575 e. The highest BCUT2D eigenvalue weighted by molar-refractivity contribution is 5.09. The molecule has 1 saturated carbocycles. The van der Waals surface area contributed by atoms with Gasteiger partial charge in [-0.1, -0.05) is 44.7 Å². The first-order valence-corrected chi connectivity index (χ1v) is 5.77. The molecule has 0 aromatic carbocycles. The maximum absolute atomic E-state index is 8.03. The summed E-state index contributed by atoms with van der Waals surface area (Å²) >= 11 is 0. The third-order valence-corrected chi connectivity index (χ3v) is 2.87. The van der Waals surface area contributed by atoms with Crippen molar-refractivity contribution in [2.45, 2.75) is 65.2 Å². The summed E-state index contributed by atoms with van der Waals surface area (Å²) in [6.07, 6.45) is 9.39. The van der Waals surface area contributed by atoms with Crippen LogP contribution in [0.5, 0.6) is 0 Å². The van der Waals surface area contributed by atoms with Gasteiger partial charge < -0.3 is 0 Å². The first-order chi connectivity index (χ1) is 7.29. The number of rotatable bonds is 5. The van der Waals surface area contributed by atoms with Crippen LogP contribution in [0.3, 0.4) is 0 Å². The van der Waals surface area contributed by atoms with Crippen LogP contribution in [0.2, 0.25) is 0 Å². The maximum Gasteiger partial charge on any atom is 0.0575 e. The van der Waals surface area contributed by atoms with Gasteiger partial charge in [-0.2, -0.15) is 0 Å². The number of allylic oxidation sites excluding steroid dienone is 2. The van der Waals surface area contributed by atoms with Crippen molar-refractivity contribution in [3.05, 3.63) is 11.6 Å². The Labute approximate surface area is 86.2 Å². The van der Waals surface area contributed by atoms with Gasteiger partial charge >= 0.3 is 0 Å². The zero-order valence-corrected chi connectivity index (χ0v) is 8.94. The zero-order valence-electron chi connectivity index (χ0n) is 10.9. The Hall–Kier alpha value is -0.260. The van der Waals surface area contributed by atoms with Crippen molar-refractivity contribution in [2.24, 2.45) is 5.92 Å². The van der Waals surface area contributed by atoms with E-state index in [2.05, 4.69) is 6.92 Å². The molecule has 1 aliphatic carbocycles. The molecular weight excluding hydrogens is 156 g/mol. The predicted octanol–water partition coefficient (Wildman–Crippen LogP) is 4.70. The summed E-state index contributed by atoms with van der Waals surface area (Å²) in [5.74, 6) is 0.420. The molecule has 1 atom stereocenters. The fourth-order valence-corrected chi connectivity index (χ4v) is 1.95. The second-order valence-electron chi connectivity index (χ2n) is 4.10. The molecule has 0 heterocycles. The highest BCUT2D eigenvalue weighted by Gasteiger charge is 2.14. The lowest BCUT2D eigenvalue weighted by Gasteiger charge is -2.03. The van der Waals surface area contributed by atoms with Gasteiger partial charge in [0.15, 0.2) is 0 Å². The van der Waals surface area contributed by atoms with E-state index >= 15 is 0 Å². The molecule has 76 valence electrons. The Kier molecular flexibility index (Phi) is 3.87. The van der Waals surface area contributed by atoms with Gasteiger partial charge in [0.2, 0.25) is 0 Å². The van der Waals surface area contributed by atoms with Crippen molar-refractivity contribution in [3.8, 4) is 0 Å². The van der Waals surface area contributed by atoms with Crippen molar-refractivity contribution >= 4 is 0 Å². The third-order valence-electron chi connectivity index (χ3n) is 2.87. The van der Waals surface area contributed by atoms with Crippen LogP contribution in [-0.2, 0) is 0 Å². The average molecular weight is 182 g/mol. The van der Waals surface area contributed by atoms with Crippen LogP contribution in [-0.4, -0.2) is 0 Å². The van der Waals surface area contributed by atoms with E-state index in [1.165, 1.54) is 37.7 Å². The van der Waals surface area contributed by atoms with Crippen molar-refractivity contribution < 1.29 is 2.74 Å². The fraction of sp³-hybridized carbons (Fsp3) is 0.846. The molecule has 0 N–H and O–H groups in total. The van der Waals surface area contributed by atoms with E-state index in [9.17, 15) is 0 Å². The van der Waals surface area contributed by atoms with E-state index in [1.807, 2.05) is 0 Å². The first-order valence-electron chi connectivity index (χ1n) is 6.98. The lowest BCUT2D eigenvalue weighted by atomic mass is 10.0. The van der Waals surface area contributed by atoms with E-state index in [-0.39, 0.29) is 0 Å². The molecule has 0 saturated heterocycles. The molecule has 1 rings (SSSR count). The molecule has 0 aromatic heterocycles. The summed E-state index contributed by atoms with van der Waals surface area (Å²) in [6, 6.07) is 0.862. The molecule has 0 aromatic rings. The molecule has 1 fully saturated rings. The minimum Gasteiger partial charge on any atom is -0.0851 e. The lowest BCUT2D eigenvalue weighted by molar-refractivity contribution is 0.664. The molecule has 0 spiro atoms. The third kappa shape index (κ3) is 3.97. The van der Waals surface area contributed by atoms with Crippen LogP contribution in [0.25, 0.3) is 0 Å². The summed E-state index contributed by atoms with van der Waals surface area (Å²) in [5.41, 5.74) is 1.31. The Morgan fingerprint density at radius 1 is 1.54 bits per heavy atom. The molecule has 1 unspecified atom stereocenters. The highest BCUT2D eigenvalue weighted by Crippen LogP contribution is 2.30. The van der Waals surface area contributed by atoms with Crippen molar-refractivity contribution in [1.82, 2.24) is 0 Å². The van der Waals surface area contributed by atoms with Gasteiger partial charge in [0, 0.05) is 1.37 Å². The zero-order chi connectivity index (χ0) is 11.1. The van der Waals surface area contributed by atoms with Crippen LogP contribution in [0.1, 0.15) is 67.9 Å². The molecule has 1 aliphatic rings. The SMILES string of the molecule is [2H]CC1CCC/C1=C(/[2H])CCCCCC. The van der Waals surface area contributed by atoms with E-state index in [0.29, 0.717) is 12.8 Å². The molecule has 0 heteroatoms. The number of unbranched alkanes of at least 4 members (excludes halogenated alkanes) is 3. The van der Waals surface area contributed by atoms with E-state index in [1.54, 1.807) is 0 Å². The minimum atomic E-state index is 0.420. The fourth-order valence-electron chi connectivity index (χ4n) is 1.95. The molecule has 0 aliphatic heterocycles. The van der Waals surface area contributed by atoms with Gasteiger partial charge in [0.25, 0.3) is 0 Å². The maximum atomic E-state index is 8.03. The second-order valence-corrected chi connectivity index (χ2v) is 4.10. The summed E-state index contributed by atoms with van der Waals surface area (Å²) in [7, 11) is 0. The largest absolute Gasteiger partial charge is 0.0851 e. The quantitative estimate of drug-likeness (QED) is 0.427. The lowest BCUT2D eigenvalue weighted by Crippen LogP contribution is -1.88. The first kappa shape index (κ1) is 8.08. The van der Waals surface area contributed by atoms with Gasteiger partial charge in [-0.3, -0.25) is 0 Å². The van der Waals surface area contributed by atoms with Crippen LogP contribution in [0, 0.1) is 5.92 Å². The number of hydrogen-bond acceptors (Lipinski definition) is 0. The molecule has 13 heavy (non-hydrogen) atoms. The van der Waals surface area contributed by atoms with Crippen LogP contribution >= 0.6 is 0 Å². The van der Waals surface area contributed by atoms with Crippen molar-refractivity contribution in [3.63, 3.8) is 0 Å². The Morgan fingerprint density at radius 2 is 2.46 bits per heavy atom. The van der Waals surface area contributed by atoms with Crippen molar-refractivity contribution in [1.29, 1.82) is 0 Å². The molecule has 0 radical (unpaired) electrons. The summed E-state index contributed by atoms with van der Waals surface area (Å²) in [6.45, 7) is 2.71. The highest BCUT2D eigenvalue weighted by atomic mass is 14.2. The van der Waals surface area contributed by atoms with Crippen molar-refractivity contribution in [2.75, 3.05) is 0 Å². The standard InChI is InChI=1S/C13H24/c1-3-4-5-6-7-10-13-11-8-9-12(13)2/h10,12H,3-9,11H2,1-2H3/b13-10+/i2D,10D. The Balaban J connectivity index is 2.35. The Morgan fingerprint density at radius 3 is 3.23 bits per heavy atom. The monoisotopic (exact) mass is 182 g/mol. The normalized spacial score (nSPS) is 28.5. The minimum absolute atomic E-state index is 0.420. The summed E-state index contributed by atoms with van der Waals surface area (Å²) in [5, 5.41) is 0. The van der Waals surface area contributed by atoms with Gasteiger partial charge in [-0.05, 0) is 38.0 Å². The number of hydrogen-bond donors (Lipinski definition) is 0. The molecule has 0 nitrogen and oxygen atoms in total. The van der Waals surface area contributed by atoms with E-state index in [4.69, 9.17) is 2.74 Å². The molecular formula is C13H24. The van der Waals surface area contributed by atoms with E-state index in [0.717, 1.165) is 25.3 Å². The average Bonchev–Trinajstić information content (AvgIpc) is 2.72. The van der Waals surface area contributed by atoms with Gasteiger partial charge in [0.05, 0.1) is 1.37 Å². The van der Waals surface area contributed by atoms with Crippen LogP contribution in [0.4, 0.5) is 0 Å². The molecule has 0 amide bonds. The Bertz CT molecular complexity index is 209. The summed E-state index contributed by atoms with van der Waals surface area (Å²) < 4.78 is 15.5.